The molecule has 0 bridgehead atoms. The van der Waals surface area contributed by atoms with E-state index in [1.54, 1.807) is 23.0 Å². The van der Waals surface area contributed by atoms with E-state index in [0.29, 0.717) is 19.4 Å². The summed E-state index contributed by atoms with van der Waals surface area (Å²) >= 11 is 0. The van der Waals surface area contributed by atoms with E-state index in [4.69, 9.17) is 0 Å². The maximum atomic E-state index is 12.5. The molecule has 2 heterocycles. The summed E-state index contributed by atoms with van der Waals surface area (Å²) < 4.78 is 1.62. The molecule has 1 aliphatic carbocycles. The zero-order valence-electron chi connectivity index (χ0n) is 15.0. The van der Waals surface area contributed by atoms with Gasteiger partial charge in [0.25, 0.3) is 5.56 Å². The van der Waals surface area contributed by atoms with Gasteiger partial charge in [0.2, 0.25) is 5.91 Å². The molecule has 3 rings (SSSR count). The molecule has 2 aromatic rings. The highest BCUT2D eigenvalue weighted by Crippen LogP contribution is 2.31. The summed E-state index contributed by atoms with van der Waals surface area (Å²) in [6.07, 6.45) is 5.63. The van der Waals surface area contributed by atoms with Crippen molar-refractivity contribution in [1.82, 2.24) is 14.9 Å². The van der Waals surface area contributed by atoms with Gasteiger partial charge in [-0.25, -0.2) is 0 Å². The van der Waals surface area contributed by atoms with Crippen LogP contribution in [-0.4, -0.2) is 32.7 Å². The van der Waals surface area contributed by atoms with Crippen LogP contribution in [0.3, 0.4) is 0 Å². The Kier molecular flexibility index (Phi) is 5.83. The van der Waals surface area contributed by atoms with Gasteiger partial charge in [0, 0.05) is 43.2 Å². The van der Waals surface area contributed by atoms with Gasteiger partial charge in [-0.2, -0.15) is 0 Å². The number of carbonyl (C=O) groups is 1. The second-order valence-corrected chi connectivity index (χ2v) is 7.03. The van der Waals surface area contributed by atoms with Crippen molar-refractivity contribution in [3.8, 4) is 0 Å². The standard InChI is InChI=1S/C20H25N3O3/c1-14-3-2-4-20(26)23(14)10-7-19(25)22-18(16-12-17(24)13-16)11-15-5-8-21-9-6-15/h2-6,8-9,16-18,24H,7,10-13H2,1H3,(H,22,25)/t16?,17?,18-/m1/s1. The zero-order chi connectivity index (χ0) is 18.5. The molecular weight excluding hydrogens is 330 g/mol. The Morgan fingerprint density at radius 3 is 2.69 bits per heavy atom. The number of aromatic nitrogens is 2. The van der Waals surface area contributed by atoms with E-state index in [0.717, 1.165) is 17.7 Å². The maximum Gasteiger partial charge on any atom is 0.250 e. The predicted octanol–water partition coefficient (Wildman–Crippen LogP) is 1.44. The van der Waals surface area contributed by atoms with Crippen molar-refractivity contribution in [2.45, 2.75) is 51.3 Å². The van der Waals surface area contributed by atoms with Crippen LogP contribution in [0, 0.1) is 12.8 Å². The van der Waals surface area contributed by atoms with Gasteiger partial charge in [-0.15, -0.1) is 0 Å². The maximum absolute atomic E-state index is 12.5. The first kappa shape index (κ1) is 18.3. The quantitative estimate of drug-likeness (QED) is 0.787. The zero-order valence-corrected chi connectivity index (χ0v) is 15.0. The van der Waals surface area contributed by atoms with Crippen molar-refractivity contribution in [1.29, 1.82) is 0 Å². The van der Waals surface area contributed by atoms with Crippen molar-refractivity contribution in [3.05, 3.63) is 64.3 Å². The van der Waals surface area contributed by atoms with Crippen molar-refractivity contribution < 1.29 is 9.90 Å². The molecule has 138 valence electrons. The van der Waals surface area contributed by atoms with Crippen LogP contribution < -0.4 is 10.9 Å². The first-order valence-corrected chi connectivity index (χ1v) is 9.05. The highest BCUT2D eigenvalue weighted by Gasteiger charge is 2.34. The molecular formula is C20H25N3O3. The minimum Gasteiger partial charge on any atom is -0.393 e. The van der Waals surface area contributed by atoms with Crippen LogP contribution in [0.5, 0.6) is 0 Å². The van der Waals surface area contributed by atoms with Gasteiger partial charge in [0.15, 0.2) is 0 Å². The van der Waals surface area contributed by atoms with Crippen molar-refractivity contribution in [2.24, 2.45) is 5.92 Å². The third-order valence-electron chi connectivity index (χ3n) is 5.10. The van der Waals surface area contributed by atoms with Crippen molar-refractivity contribution in [3.63, 3.8) is 0 Å². The largest absolute Gasteiger partial charge is 0.393 e. The number of aliphatic hydroxyl groups excluding tert-OH is 1. The Hall–Kier alpha value is -2.47. The molecule has 1 fully saturated rings. The van der Waals surface area contributed by atoms with Crippen LogP contribution in [0.4, 0.5) is 0 Å². The Balaban J connectivity index is 1.61. The molecule has 1 aliphatic rings. The van der Waals surface area contributed by atoms with E-state index in [-0.39, 0.29) is 36.0 Å². The van der Waals surface area contributed by atoms with Crippen LogP contribution in [0.25, 0.3) is 0 Å². The first-order chi connectivity index (χ1) is 12.5. The summed E-state index contributed by atoms with van der Waals surface area (Å²) in [4.78, 5) is 28.4. The normalized spacial score (nSPS) is 20.2. The van der Waals surface area contributed by atoms with E-state index in [2.05, 4.69) is 10.3 Å². The molecule has 0 spiro atoms. The van der Waals surface area contributed by atoms with Gasteiger partial charge in [-0.3, -0.25) is 14.6 Å². The Labute approximate surface area is 152 Å². The number of rotatable bonds is 7. The molecule has 0 unspecified atom stereocenters. The van der Waals surface area contributed by atoms with E-state index in [1.165, 1.54) is 6.07 Å². The Morgan fingerprint density at radius 2 is 2.04 bits per heavy atom. The van der Waals surface area contributed by atoms with Gasteiger partial charge < -0.3 is 15.0 Å². The summed E-state index contributed by atoms with van der Waals surface area (Å²) in [6, 6.07) is 8.97. The molecule has 1 saturated carbocycles. The number of amides is 1. The fourth-order valence-electron chi connectivity index (χ4n) is 3.47. The van der Waals surface area contributed by atoms with E-state index in [9.17, 15) is 14.7 Å². The predicted molar refractivity (Wildman–Crippen MR) is 98.7 cm³/mol. The van der Waals surface area contributed by atoms with Crippen LogP contribution in [0.15, 0.2) is 47.5 Å². The molecule has 2 aromatic heterocycles. The Morgan fingerprint density at radius 1 is 1.31 bits per heavy atom. The summed E-state index contributed by atoms with van der Waals surface area (Å²) in [5.41, 5.74) is 1.87. The molecule has 0 radical (unpaired) electrons. The number of hydrogen-bond acceptors (Lipinski definition) is 4. The average molecular weight is 355 g/mol. The third kappa shape index (κ3) is 4.58. The van der Waals surface area contributed by atoms with E-state index >= 15 is 0 Å². The smallest absolute Gasteiger partial charge is 0.250 e. The second-order valence-electron chi connectivity index (χ2n) is 7.03. The topological polar surface area (TPSA) is 84.2 Å². The summed E-state index contributed by atoms with van der Waals surface area (Å²) in [7, 11) is 0. The molecule has 0 aliphatic heterocycles. The van der Waals surface area contributed by atoms with Crippen LogP contribution >= 0.6 is 0 Å². The summed E-state index contributed by atoms with van der Waals surface area (Å²) in [6.45, 7) is 2.23. The number of carbonyl (C=O) groups excluding carboxylic acids is 1. The summed E-state index contributed by atoms with van der Waals surface area (Å²) in [5.74, 6) is 0.212. The number of pyridine rings is 2. The van der Waals surface area contributed by atoms with Crippen LogP contribution in [-0.2, 0) is 17.8 Å². The SMILES string of the molecule is Cc1cccc(=O)n1CCC(=O)N[C@H](Cc1ccncc1)C1CC(O)C1. The third-order valence-corrected chi connectivity index (χ3v) is 5.10. The molecule has 0 aromatic carbocycles. The number of nitrogens with zero attached hydrogens (tertiary/aromatic N) is 2. The lowest BCUT2D eigenvalue weighted by atomic mass is 9.75. The minimum absolute atomic E-state index is 0.0121. The lowest BCUT2D eigenvalue weighted by Crippen LogP contribution is -2.48. The first-order valence-electron chi connectivity index (χ1n) is 9.05. The molecule has 1 atom stereocenters. The van der Waals surface area contributed by atoms with Crippen LogP contribution in [0.2, 0.25) is 0 Å². The average Bonchev–Trinajstić information content (AvgIpc) is 2.59. The van der Waals surface area contributed by atoms with Gasteiger partial charge in [0.05, 0.1) is 6.10 Å². The van der Waals surface area contributed by atoms with Crippen molar-refractivity contribution >= 4 is 5.91 Å². The number of aliphatic hydroxyl groups is 1. The van der Waals surface area contributed by atoms with Crippen LogP contribution in [0.1, 0.15) is 30.5 Å². The fourth-order valence-corrected chi connectivity index (χ4v) is 3.47. The van der Waals surface area contributed by atoms with E-state index < -0.39 is 0 Å². The molecule has 6 heteroatoms. The summed E-state index contributed by atoms with van der Waals surface area (Å²) in [5, 5.41) is 12.7. The van der Waals surface area contributed by atoms with E-state index in [1.807, 2.05) is 25.1 Å². The second kappa shape index (κ2) is 8.27. The van der Waals surface area contributed by atoms with Gasteiger partial charge >= 0.3 is 0 Å². The monoisotopic (exact) mass is 355 g/mol. The number of nitrogens with one attached hydrogen (secondary N) is 1. The molecule has 26 heavy (non-hydrogen) atoms. The molecule has 0 saturated heterocycles. The van der Waals surface area contributed by atoms with Gasteiger partial charge in [-0.05, 0) is 55.9 Å². The molecule has 1 amide bonds. The lowest BCUT2D eigenvalue weighted by molar-refractivity contribution is -0.123. The van der Waals surface area contributed by atoms with Gasteiger partial charge in [0.1, 0.15) is 0 Å². The number of hydrogen-bond donors (Lipinski definition) is 2. The fraction of sp³-hybridized carbons (Fsp3) is 0.450. The highest BCUT2D eigenvalue weighted by atomic mass is 16.3. The minimum atomic E-state index is -0.262. The van der Waals surface area contributed by atoms with Gasteiger partial charge in [-0.1, -0.05) is 6.07 Å². The molecule has 6 nitrogen and oxygen atoms in total. The van der Waals surface area contributed by atoms with Crippen molar-refractivity contribution in [2.75, 3.05) is 0 Å². The highest BCUT2D eigenvalue weighted by molar-refractivity contribution is 5.76. The lowest BCUT2D eigenvalue weighted by Gasteiger charge is -2.38. The molecule has 2 N–H and O–H groups in total. The Bertz CT molecular complexity index is 797. The number of aryl methyl sites for hydroxylation is 1.